The molecule has 0 saturated carbocycles. The number of aromatic hydroxyl groups is 1. The Labute approximate surface area is 110 Å². The van der Waals surface area contributed by atoms with Gasteiger partial charge in [-0.1, -0.05) is 36.4 Å². The lowest BCUT2D eigenvalue weighted by Gasteiger charge is -2.03. The molecule has 0 amide bonds. The Hall–Kier alpha value is -2.06. The predicted molar refractivity (Wildman–Crippen MR) is 76.9 cm³/mol. The van der Waals surface area contributed by atoms with E-state index in [9.17, 15) is 5.11 Å². The standard InChI is InChI=1S/C16H12OS/c17-16-7-5-13(6-8-16)12-1-3-14(4-2-12)15-9-10-18-11-15/h1-11,17H. The summed E-state index contributed by atoms with van der Waals surface area (Å²) in [5.41, 5.74) is 4.77. The van der Waals surface area contributed by atoms with Gasteiger partial charge in [-0.05, 0) is 51.2 Å². The molecule has 0 saturated heterocycles. The second-order valence-electron chi connectivity index (χ2n) is 4.14. The highest BCUT2D eigenvalue weighted by Gasteiger charge is 2.00. The van der Waals surface area contributed by atoms with Crippen LogP contribution in [0.4, 0.5) is 0 Å². The highest BCUT2D eigenvalue weighted by Crippen LogP contribution is 2.26. The van der Waals surface area contributed by atoms with Gasteiger partial charge >= 0.3 is 0 Å². The van der Waals surface area contributed by atoms with Gasteiger partial charge in [-0.15, -0.1) is 0 Å². The van der Waals surface area contributed by atoms with E-state index in [0.29, 0.717) is 5.75 Å². The molecule has 0 aliphatic heterocycles. The Kier molecular flexibility index (Phi) is 2.87. The minimum absolute atomic E-state index is 0.300. The van der Waals surface area contributed by atoms with E-state index in [-0.39, 0.29) is 0 Å². The molecule has 0 unspecified atom stereocenters. The molecule has 0 fully saturated rings. The second-order valence-corrected chi connectivity index (χ2v) is 4.92. The third kappa shape index (κ3) is 2.15. The molecule has 2 heteroatoms. The van der Waals surface area contributed by atoms with E-state index in [1.165, 1.54) is 11.1 Å². The first-order valence-corrected chi connectivity index (χ1v) is 6.69. The maximum Gasteiger partial charge on any atom is 0.115 e. The number of benzene rings is 2. The molecule has 1 N–H and O–H groups in total. The average Bonchev–Trinajstić information content (AvgIpc) is 2.94. The monoisotopic (exact) mass is 252 g/mol. The van der Waals surface area contributed by atoms with E-state index in [2.05, 4.69) is 41.1 Å². The van der Waals surface area contributed by atoms with Crippen LogP contribution in [0.15, 0.2) is 65.4 Å². The largest absolute Gasteiger partial charge is 0.508 e. The lowest BCUT2D eigenvalue weighted by Crippen LogP contribution is -1.78. The molecule has 1 heterocycles. The fraction of sp³-hybridized carbons (Fsp3) is 0. The molecule has 0 atom stereocenters. The van der Waals surface area contributed by atoms with Crippen molar-refractivity contribution in [3.8, 4) is 28.0 Å². The molecule has 0 spiro atoms. The van der Waals surface area contributed by atoms with Crippen LogP contribution < -0.4 is 0 Å². The van der Waals surface area contributed by atoms with Gasteiger partial charge in [0.15, 0.2) is 0 Å². The minimum Gasteiger partial charge on any atom is -0.508 e. The Balaban J connectivity index is 1.94. The molecule has 0 aliphatic carbocycles. The van der Waals surface area contributed by atoms with E-state index >= 15 is 0 Å². The van der Waals surface area contributed by atoms with Crippen LogP contribution in [0.1, 0.15) is 0 Å². The number of thiophene rings is 1. The van der Waals surface area contributed by atoms with Gasteiger partial charge in [0.1, 0.15) is 5.75 Å². The van der Waals surface area contributed by atoms with Gasteiger partial charge in [-0.3, -0.25) is 0 Å². The maximum absolute atomic E-state index is 9.27. The normalized spacial score (nSPS) is 10.4. The fourth-order valence-corrected chi connectivity index (χ4v) is 2.60. The molecule has 3 aromatic rings. The zero-order valence-corrected chi connectivity index (χ0v) is 10.5. The van der Waals surface area contributed by atoms with Crippen molar-refractivity contribution < 1.29 is 5.11 Å². The zero-order chi connectivity index (χ0) is 12.4. The van der Waals surface area contributed by atoms with Crippen molar-refractivity contribution in [1.29, 1.82) is 0 Å². The number of phenolic OH excluding ortho intramolecular Hbond substituents is 1. The third-order valence-corrected chi connectivity index (χ3v) is 3.62. The first-order valence-electron chi connectivity index (χ1n) is 5.75. The Morgan fingerprint density at radius 1 is 0.611 bits per heavy atom. The summed E-state index contributed by atoms with van der Waals surface area (Å²) >= 11 is 1.71. The zero-order valence-electron chi connectivity index (χ0n) is 9.71. The molecule has 88 valence electrons. The summed E-state index contributed by atoms with van der Waals surface area (Å²) in [6, 6.07) is 17.9. The van der Waals surface area contributed by atoms with Gasteiger partial charge in [-0.25, -0.2) is 0 Å². The SMILES string of the molecule is Oc1ccc(-c2ccc(-c3ccsc3)cc2)cc1. The number of phenols is 1. The van der Waals surface area contributed by atoms with E-state index in [1.54, 1.807) is 23.5 Å². The molecule has 18 heavy (non-hydrogen) atoms. The fourth-order valence-electron chi connectivity index (χ4n) is 1.94. The average molecular weight is 252 g/mol. The number of hydrogen-bond acceptors (Lipinski definition) is 2. The van der Waals surface area contributed by atoms with Crippen LogP contribution in [-0.4, -0.2) is 5.11 Å². The lowest BCUT2D eigenvalue weighted by atomic mass is 10.0. The molecule has 3 rings (SSSR count). The van der Waals surface area contributed by atoms with Crippen LogP contribution >= 0.6 is 11.3 Å². The minimum atomic E-state index is 0.300. The molecule has 1 aromatic heterocycles. The molecular formula is C16H12OS. The molecule has 2 aromatic carbocycles. The first-order chi connectivity index (χ1) is 8.83. The Bertz CT molecular complexity index is 622. The molecule has 1 nitrogen and oxygen atoms in total. The van der Waals surface area contributed by atoms with Crippen LogP contribution in [-0.2, 0) is 0 Å². The highest BCUT2D eigenvalue weighted by atomic mass is 32.1. The summed E-state index contributed by atoms with van der Waals surface area (Å²) < 4.78 is 0. The summed E-state index contributed by atoms with van der Waals surface area (Å²) in [6.07, 6.45) is 0. The molecule has 0 bridgehead atoms. The van der Waals surface area contributed by atoms with Crippen molar-refractivity contribution in [3.63, 3.8) is 0 Å². The highest BCUT2D eigenvalue weighted by molar-refractivity contribution is 7.08. The molecule has 0 radical (unpaired) electrons. The molecule has 0 aliphatic rings. The van der Waals surface area contributed by atoms with E-state index in [1.807, 2.05) is 12.1 Å². The maximum atomic E-state index is 9.27. The number of hydrogen-bond donors (Lipinski definition) is 1. The summed E-state index contributed by atoms with van der Waals surface area (Å²) in [5, 5.41) is 13.5. The quantitative estimate of drug-likeness (QED) is 0.695. The predicted octanol–water partition coefficient (Wildman–Crippen LogP) is 4.79. The van der Waals surface area contributed by atoms with Crippen LogP contribution in [0.3, 0.4) is 0 Å². The third-order valence-electron chi connectivity index (χ3n) is 2.94. The first kappa shape index (κ1) is 11.1. The second kappa shape index (κ2) is 4.67. The Morgan fingerprint density at radius 2 is 1.11 bits per heavy atom. The van der Waals surface area contributed by atoms with Gasteiger partial charge in [0, 0.05) is 0 Å². The molecular weight excluding hydrogens is 240 g/mol. The topological polar surface area (TPSA) is 20.2 Å². The van der Waals surface area contributed by atoms with Gasteiger partial charge in [0.25, 0.3) is 0 Å². The van der Waals surface area contributed by atoms with Crippen molar-refractivity contribution in [2.45, 2.75) is 0 Å². The van der Waals surface area contributed by atoms with Crippen LogP contribution in [0, 0.1) is 0 Å². The lowest BCUT2D eigenvalue weighted by molar-refractivity contribution is 0.475. The van der Waals surface area contributed by atoms with Crippen molar-refractivity contribution in [2.75, 3.05) is 0 Å². The van der Waals surface area contributed by atoms with Crippen molar-refractivity contribution in [1.82, 2.24) is 0 Å². The van der Waals surface area contributed by atoms with E-state index in [4.69, 9.17) is 0 Å². The van der Waals surface area contributed by atoms with Crippen LogP contribution in [0.5, 0.6) is 5.75 Å². The van der Waals surface area contributed by atoms with Crippen molar-refractivity contribution >= 4 is 11.3 Å². The summed E-state index contributed by atoms with van der Waals surface area (Å²) in [7, 11) is 0. The van der Waals surface area contributed by atoms with Gasteiger partial charge in [0.05, 0.1) is 0 Å². The summed E-state index contributed by atoms with van der Waals surface area (Å²) in [4.78, 5) is 0. The van der Waals surface area contributed by atoms with Gasteiger partial charge in [-0.2, -0.15) is 11.3 Å². The van der Waals surface area contributed by atoms with Crippen LogP contribution in [0.25, 0.3) is 22.3 Å². The van der Waals surface area contributed by atoms with Gasteiger partial charge < -0.3 is 5.11 Å². The smallest absolute Gasteiger partial charge is 0.115 e. The van der Waals surface area contributed by atoms with Gasteiger partial charge in [0.2, 0.25) is 0 Å². The van der Waals surface area contributed by atoms with E-state index in [0.717, 1.165) is 11.1 Å². The Morgan fingerprint density at radius 3 is 1.61 bits per heavy atom. The van der Waals surface area contributed by atoms with E-state index < -0.39 is 0 Å². The van der Waals surface area contributed by atoms with Crippen molar-refractivity contribution in [2.24, 2.45) is 0 Å². The van der Waals surface area contributed by atoms with Crippen molar-refractivity contribution in [3.05, 3.63) is 65.4 Å². The summed E-state index contributed by atoms with van der Waals surface area (Å²) in [6.45, 7) is 0. The van der Waals surface area contributed by atoms with Crippen LogP contribution in [0.2, 0.25) is 0 Å². The number of rotatable bonds is 2. The summed E-state index contributed by atoms with van der Waals surface area (Å²) in [5.74, 6) is 0.300.